The number of hydrogen-bond acceptors (Lipinski definition) is 3. The highest BCUT2D eigenvalue weighted by Gasteiger charge is 2.12. The summed E-state index contributed by atoms with van der Waals surface area (Å²) in [6.45, 7) is 2.82. The van der Waals surface area contributed by atoms with Gasteiger partial charge in [-0.3, -0.25) is 4.79 Å². The van der Waals surface area contributed by atoms with Crippen LogP contribution in [0.15, 0.2) is 36.4 Å². The number of benzene rings is 2. The van der Waals surface area contributed by atoms with Crippen molar-refractivity contribution in [2.45, 2.75) is 32.2 Å². The van der Waals surface area contributed by atoms with Gasteiger partial charge >= 0.3 is 0 Å². The summed E-state index contributed by atoms with van der Waals surface area (Å²) in [5.41, 5.74) is 6.00. The van der Waals surface area contributed by atoms with Gasteiger partial charge in [0.2, 0.25) is 5.91 Å². The molecule has 0 spiro atoms. The van der Waals surface area contributed by atoms with Crippen molar-refractivity contribution >= 4 is 16.7 Å². The molecule has 2 rings (SSSR count). The zero-order valence-corrected chi connectivity index (χ0v) is 12.3. The maximum Gasteiger partial charge on any atom is 0.217 e. The number of nitrogens with two attached hydrogens (primary N) is 1. The molecule has 0 aromatic heterocycles. The number of unbranched alkanes of at least 4 members (excludes halogenated alkanes) is 1. The van der Waals surface area contributed by atoms with Gasteiger partial charge in [0.25, 0.3) is 0 Å². The summed E-state index contributed by atoms with van der Waals surface area (Å²) in [5, 5.41) is 15.7. The SMILES string of the molecule is CC(NCCCCC(N)=O)c1ccc2ccccc2c1O. The number of fused-ring (bicyclic) bond motifs is 1. The van der Waals surface area contributed by atoms with Gasteiger partial charge in [-0.1, -0.05) is 36.4 Å². The van der Waals surface area contributed by atoms with Crippen LogP contribution in [-0.2, 0) is 4.79 Å². The smallest absolute Gasteiger partial charge is 0.217 e. The molecule has 0 heterocycles. The standard InChI is InChI=1S/C17H22N2O2/c1-12(19-11-5-4-8-16(18)20)14-10-9-13-6-2-3-7-15(13)17(14)21/h2-3,6-7,9-10,12,19,21H,4-5,8,11H2,1H3,(H2,18,20). The van der Waals surface area contributed by atoms with Crippen LogP contribution in [0, 0.1) is 0 Å². The molecule has 21 heavy (non-hydrogen) atoms. The summed E-state index contributed by atoms with van der Waals surface area (Å²) < 4.78 is 0. The number of hydrogen-bond donors (Lipinski definition) is 3. The summed E-state index contributed by atoms with van der Waals surface area (Å²) in [4.78, 5) is 10.7. The number of aromatic hydroxyl groups is 1. The number of amides is 1. The lowest BCUT2D eigenvalue weighted by Gasteiger charge is -2.17. The van der Waals surface area contributed by atoms with E-state index >= 15 is 0 Å². The molecule has 2 aromatic carbocycles. The minimum atomic E-state index is -0.254. The van der Waals surface area contributed by atoms with Crippen molar-refractivity contribution in [3.05, 3.63) is 42.0 Å². The highest BCUT2D eigenvalue weighted by Crippen LogP contribution is 2.32. The number of phenolic OH excluding ortho intramolecular Hbond substituents is 1. The van der Waals surface area contributed by atoms with Gasteiger partial charge in [-0.15, -0.1) is 0 Å². The van der Waals surface area contributed by atoms with Crippen molar-refractivity contribution in [2.24, 2.45) is 5.73 Å². The Bertz CT molecular complexity index is 625. The van der Waals surface area contributed by atoms with Crippen LogP contribution in [0.5, 0.6) is 5.75 Å². The molecule has 4 heteroatoms. The Hall–Kier alpha value is -2.07. The molecule has 0 radical (unpaired) electrons. The van der Waals surface area contributed by atoms with Crippen LogP contribution < -0.4 is 11.1 Å². The van der Waals surface area contributed by atoms with Gasteiger partial charge in [-0.05, 0) is 31.7 Å². The van der Waals surface area contributed by atoms with Crippen molar-refractivity contribution in [1.82, 2.24) is 5.32 Å². The normalized spacial score (nSPS) is 12.4. The van der Waals surface area contributed by atoms with Gasteiger partial charge in [0.15, 0.2) is 0 Å². The quantitative estimate of drug-likeness (QED) is 0.685. The first kappa shape index (κ1) is 15.3. The van der Waals surface area contributed by atoms with Crippen LogP contribution in [0.25, 0.3) is 10.8 Å². The summed E-state index contributed by atoms with van der Waals surface area (Å²) in [7, 11) is 0. The van der Waals surface area contributed by atoms with E-state index in [9.17, 15) is 9.90 Å². The monoisotopic (exact) mass is 286 g/mol. The van der Waals surface area contributed by atoms with Crippen LogP contribution in [0.2, 0.25) is 0 Å². The number of rotatable bonds is 7. The van der Waals surface area contributed by atoms with Crippen molar-refractivity contribution < 1.29 is 9.90 Å². The van der Waals surface area contributed by atoms with E-state index in [0.29, 0.717) is 12.2 Å². The van der Waals surface area contributed by atoms with E-state index in [1.807, 2.05) is 43.3 Å². The second kappa shape index (κ2) is 7.09. The Morgan fingerprint density at radius 2 is 2.00 bits per heavy atom. The van der Waals surface area contributed by atoms with Crippen LogP contribution in [0.3, 0.4) is 0 Å². The molecular formula is C17H22N2O2. The number of nitrogens with one attached hydrogen (secondary N) is 1. The molecular weight excluding hydrogens is 264 g/mol. The van der Waals surface area contributed by atoms with E-state index in [2.05, 4.69) is 5.32 Å². The van der Waals surface area contributed by atoms with Crippen LogP contribution in [0.4, 0.5) is 0 Å². The van der Waals surface area contributed by atoms with E-state index in [1.54, 1.807) is 0 Å². The minimum absolute atomic E-state index is 0.0585. The molecule has 1 unspecified atom stereocenters. The van der Waals surface area contributed by atoms with E-state index < -0.39 is 0 Å². The molecule has 0 aliphatic rings. The average molecular weight is 286 g/mol. The Balaban J connectivity index is 1.98. The van der Waals surface area contributed by atoms with E-state index in [0.717, 1.165) is 35.7 Å². The van der Waals surface area contributed by atoms with Gasteiger partial charge in [0.05, 0.1) is 0 Å². The molecule has 0 aliphatic heterocycles. The largest absolute Gasteiger partial charge is 0.507 e. The lowest BCUT2D eigenvalue weighted by molar-refractivity contribution is -0.118. The van der Waals surface area contributed by atoms with E-state index in [1.165, 1.54) is 0 Å². The first-order chi connectivity index (χ1) is 10.1. The summed E-state index contributed by atoms with van der Waals surface area (Å²) in [6.07, 6.45) is 2.11. The van der Waals surface area contributed by atoms with Gasteiger partial charge in [-0.2, -0.15) is 0 Å². The van der Waals surface area contributed by atoms with E-state index in [4.69, 9.17) is 5.73 Å². The van der Waals surface area contributed by atoms with Gasteiger partial charge < -0.3 is 16.2 Å². The van der Waals surface area contributed by atoms with Crippen molar-refractivity contribution in [3.8, 4) is 5.75 Å². The second-order valence-corrected chi connectivity index (χ2v) is 5.32. The zero-order valence-electron chi connectivity index (χ0n) is 12.3. The average Bonchev–Trinajstić information content (AvgIpc) is 2.47. The fourth-order valence-electron chi connectivity index (χ4n) is 2.47. The van der Waals surface area contributed by atoms with Gasteiger partial charge in [0.1, 0.15) is 5.75 Å². The first-order valence-corrected chi connectivity index (χ1v) is 7.32. The highest BCUT2D eigenvalue weighted by molar-refractivity contribution is 5.89. The fraction of sp³-hybridized carbons (Fsp3) is 0.353. The Morgan fingerprint density at radius 3 is 2.76 bits per heavy atom. The molecule has 2 aromatic rings. The van der Waals surface area contributed by atoms with Crippen molar-refractivity contribution in [3.63, 3.8) is 0 Å². The Morgan fingerprint density at radius 1 is 1.24 bits per heavy atom. The number of phenols is 1. The third-order valence-electron chi connectivity index (χ3n) is 3.70. The Kier molecular flexibility index (Phi) is 5.17. The maximum atomic E-state index is 10.7. The minimum Gasteiger partial charge on any atom is -0.507 e. The summed E-state index contributed by atoms with van der Waals surface area (Å²) in [5.74, 6) is 0.0838. The number of primary amides is 1. The number of carbonyl (C=O) groups excluding carboxylic acids is 1. The second-order valence-electron chi connectivity index (χ2n) is 5.32. The third-order valence-corrected chi connectivity index (χ3v) is 3.70. The van der Waals surface area contributed by atoms with Gasteiger partial charge in [-0.25, -0.2) is 0 Å². The predicted molar refractivity (Wildman–Crippen MR) is 85.1 cm³/mol. The lowest BCUT2D eigenvalue weighted by atomic mass is 10.0. The van der Waals surface area contributed by atoms with Crippen LogP contribution in [-0.4, -0.2) is 17.6 Å². The molecule has 0 bridgehead atoms. The molecule has 0 fully saturated rings. The van der Waals surface area contributed by atoms with Crippen molar-refractivity contribution in [1.29, 1.82) is 0 Å². The highest BCUT2D eigenvalue weighted by atomic mass is 16.3. The van der Waals surface area contributed by atoms with Crippen LogP contribution in [0.1, 0.15) is 37.8 Å². The molecule has 1 atom stereocenters. The molecule has 1 amide bonds. The molecule has 0 saturated carbocycles. The molecule has 0 saturated heterocycles. The number of carbonyl (C=O) groups is 1. The van der Waals surface area contributed by atoms with Gasteiger partial charge in [0, 0.05) is 23.4 Å². The Labute approximate surface area is 125 Å². The lowest BCUT2D eigenvalue weighted by Crippen LogP contribution is -2.20. The molecule has 112 valence electrons. The van der Waals surface area contributed by atoms with E-state index in [-0.39, 0.29) is 11.9 Å². The molecule has 0 aliphatic carbocycles. The predicted octanol–water partition coefficient (Wildman–Crippen LogP) is 2.85. The molecule has 4 nitrogen and oxygen atoms in total. The fourth-order valence-corrected chi connectivity index (χ4v) is 2.47. The molecule has 4 N–H and O–H groups in total. The van der Waals surface area contributed by atoms with Crippen LogP contribution >= 0.6 is 0 Å². The summed E-state index contributed by atoms with van der Waals surface area (Å²) >= 11 is 0. The first-order valence-electron chi connectivity index (χ1n) is 7.32. The third kappa shape index (κ3) is 3.95. The summed E-state index contributed by atoms with van der Waals surface area (Å²) in [6, 6.07) is 11.8. The van der Waals surface area contributed by atoms with Crippen molar-refractivity contribution in [2.75, 3.05) is 6.54 Å². The topological polar surface area (TPSA) is 75.3 Å². The zero-order chi connectivity index (χ0) is 15.2. The maximum absolute atomic E-state index is 10.7.